The number of rotatable bonds is 3. The fourth-order valence-electron chi connectivity index (χ4n) is 1.44. The van der Waals surface area contributed by atoms with E-state index in [4.69, 9.17) is 0 Å². The molecule has 0 nitrogen and oxygen atoms in total. The Labute approximate surface area is 98.9 Å². The summed E-state index contributed by atoms with van der Waals surface area (Å²) in [7, 11) is 0.386. The average molecular weight is 237 g/mol. The Bertz CT molecular complexity index is 333. The van der Waals surface area contributed by atoms with Gasteiger partial charge in [-0.1, -0.05) is 48.5 Å². The van der Waals surface area contributed by atoms with Crippen LogP contribution in [0.3, 0.4) is 0 Å². The first-order valence-electron chi connectivity index (χ1n) is 4.87. The van der Waals surface area contributed by atoms with Crippen molar-refractivity contribution in [3.8, 4) is 0 Å². The zero-order valence-corrected chi connectivity index (χ0v) is 10.3. The SMILES string of the molecule is [Cl-].c1ccc(C[PH2+]c2ccccc2)cc1. The lowest BCUT2D eigenvalue weighted by molar-refractivity contribution is -0.00000271. The molecule has 2 heteroatoms. The van der Waals surface area contributed by atoms with E-state index in [1.807, 2.05) is 0 Å². The average Bonchev–Trinajstić information content (AvgIpc) is 2.29. The van der Waals surface area contributed by atoms with Gasteiger partial charge in [0.05, 0.1) is 11.5 Å². The molecule has 0 heterocycles. The Morgan fingerprint density at radius 3 is 1.87 bits per heavy atom. The predicted molar refractivity (Wildman–Crippen MR) is 65.9 cm³/mol. The summed E-state index contributed by atoms with van der Waals surface area (Å²) in [6.07, 6.45) is 1.21. The van der Waals surface area contributed by atoms with Gasteiger partial charge in [0.25, 0.3) is 0 Å². The van der Waals surface area contributed by atoms with Gasteiger partial charge < -0.3 is 12.4 Å². The topological polar surface area (TPSA) is 0 Å². The fourth-order valence-corrected chi connectivity index (χ4v) is 2.68. The molecule has 0 N–H and O–H groups in total. The van der Waals surface area contributed by atoms with Crippen molar-refractivity contribution in [2.45, 2.75) is 6.16 Å². The van der Waals surface area contributed by atoms with Gasteiger partial charge in [-0.2, -0.15) is 0 Å². The maximum atomic E-state index is 2.22. The molecule has 2 aromatic rings. The highest BCUT2D eigenvalue weighted by atomic mass is 35.5. The molecule has 0 fully saturated rings. The third-order valence-electron chi connectivity index (χ3n) is 2.22. The van der Waals surface area contributed by atoms with Crippen LogP contribution in [-0.2, 0) is 6.16 Å². The van der Waals surface area contributed by atoms with E-state index in [9.17, 15) is 0 Å². The van der Waals surface area contributed by atoms with E-state index in [1.54, 1.807) is 0 Å². The third kappa shape index (κ3) is 4.03. The highest BCUT2D eigenvalue weighted by Gasteiger charge is 1.99. The van der Waals surface area contributed by atoms with Crippen LogP contribution in [0.2, 0.25) is 0 Å². The van der Waals surface area contributed by atoms with E-state index >= 15 is 0 Å². The molecule has 2 rings (SSSR count). The Morgan fingerprint density at radius 1 is 0.733 bits per heavy atom. The van der Waals surface area contributed by atoms with E-state index in [2.05, 4.69) is 60.7 Å². The van der Waals surface area contributed by atoms with E-state index in [0.717, 1.165) is 0 Å². The van der Waals surface area contributed by atoms with Gasteiger partial charge in [-0.05, 0) is 17.7 Å². The van der Waals surface area contributed by atoms with E-state index < -0.39 is 0 Å². The van der Waals surface area contributed by atoms with Crippen molar-refractivity contribution in [2.24, 2.45) is 0 Å². The molecule has 15 heavy (non-hydrogen) atoms. The standard InChI is InChI=1S/C13H13P.ClH/c1-3-7-12(8-4-1)11-14-13-9-5-2-6-10-13;/h1-10,14H,11H2;1H. The van der Waals surface area contributed by atoms with Crippen LogP contribution in [0.5, 0.6) is 0 Å². The summed E-state index contributed by atoms with van der Waals surface area (Å²) in [6, 6.07) is 21.5. The highest BCUT2D eigenvalue weighted by molar-refractivity contribution is 7.46. The Hall–Kier alpha value is -0.840. The van der Waals surface area contributed by atoms with Gasteiger partial charge in [0, 0.05) is 8.58 Å². The largest absolute Gasteiger partial charge is 1.00 e. The molecule has 0 saturated heterocycles. The molecule has 0 aliphatic rings. The van der Waals surface area contributed by atoms with E-state index in [-0.39, 0.29) is 12.4 Å². The van der Waals surface area contributed by atoms with Crippen molar-refractivity contribution in [2.75, 3.05) is 0 Å². The maximum Gasteiger partial charge on any atom is 0.0893 e. The summed E-state index contributed by atoms with van der Waals surface area (Å²) in [5.74, 6) is 0. The van der Waals surface area contributed by atoms with Crippen LogP contribution < -0.4 is 17.7 Å². The minimum atomic E-state index is 0. The van der Waals surface area contributed by atoms with Gasteiger partial charge >= 0.3 is 0 Å². The second kappa shape index (κ2) is 6.61. The second-order valence-corrected chi connectivity index (χ2v) is 4.79. The van der Waals surface area contributed by atoms with Crippen molar-refractivity contribution in [3.63, 3.8) is 0 Å². The summed E-state index contributed by atoms with van der Waals surface area (Å²) < 4.78 is 0. The Kier molecular flexibility index (Phi) is 5.39. The third-order valence-corrected chi connectivity index (χ3v) is 3.75. The molecule has 0 aromatic heterocycles. The molecule has 0 bridgehead atoms. The minimum Gasteiger partial charge on any atom is -1.00 e. The summed E-state index contributed by atoms with van der Waals surface area (Å²) in [6.45, 7) is 0. The van der Waals surface area contributed by atoms with Crippen LogP contribution in [0.15, 0.2) is 60.7 Å². The zero-order chi connectivity index (χ0) is 9.64. The molecular weight excluding hydrogens is 223 g/mol. The van der Waals surface area contributed by atoms with Crippen LogP contribution in [-0.4, -0.2) is 0 Å². The summed E-state index contributed by atoms with van der Waals surface area (Å²) in [5.41, 5.74) is 1.45. The fraction of sp³-hybridized carbons (Fsp3) is 0.0769. The zero-order valence-electron chi connectivity index (χ0n) is 8.44. The smallest absolute Gasteiger partial charge is 0.0893 e. The normalized spacial score (nSPS) is 10.1. The van der Waals surface area contributed by atoms with Gasteiger partial charge in [-0.25, -0.2) is 0 Å². The van der Waals surface area contributed by atoms with Gasteiger partial charge in [0.15, 0.2) is 0 Å². The van der Waals surface area contributed by atoms with Crippen molar-refractivity contribution < 1.29 is 12.4 Å². The van der Waals surface area contributed by atoms with Gasteiger partial charge in [0.2, 0.25) is 0 Å². The molecule has 0 aliphatic heterocycles. The van der Waals surface area contributed by atoms with E-state index in [1.165, 1.54) is 17.0 Å². The lowest BCUT2D eigenvalue weighted by Crippen LogP contribution is -3.00. The van der Waals surface area contributed by atoms with Crippen LogP contribution in [0.4, 0.5) is 0 Å². The van der Waals surface area contributed by atoms with Gasteiger partial charge in [-0.15, -0.1) is 0 Å². The molecule has 0 saturated carbocycles. The predicted octanol–water partition coefficient (Wildman–Crippen LogP) is -0.0731. The summed E-state index contributed by atoms with van der Waals surface area (Å²) in [4.78, 5) is 0. The van der Waals surface area contributed by atoms with Crippen LogP contribution >= 0.6 is 8.58 Å². The first-order chi connectivity index (χ1) is 6.95. The number of halogens is 1. The summed E-state index contributed by atoms with van der Waals surface area (Å²) in [5, 5.41) is 1.50. The maximum absolute atomic E-state index is 2.22. The van der Waals surface area contributed by atoms with Gasteiger partial charge in [0.1, 0.15) is 0 Å². The Balaban J connectivity index is 0.00000112. The molecule has 0 aliphatic carbocycles. The van der Waals surface area contributed by atoms with Gasteiger partial charge in [-0.3, -0.25) is 0 Å². The molecular formula is C13H14ClP. The van der Waals surface area contributed by atoms with Crippen molar-refractivity contribution in [1.82, 2.24) is 0 Å². The molecule has 0 spiro atoms. The first-order valence-corrected chi connectivity index (χ1v) is 6.27. The molecule has 0 amide bonds. The first kappa shape index (κ1) is 12.2. The number of hydrogen-bond donors (Lipinski definition) is 0. The number of benzene rings is 2. The van der Waals surface area contributed by atoms with Crippen LogP contribution in [0, 0.1) is 0 Å². The van der Waals surface area contributed by atoms with Crippen LogP contribution in [0.1, 0.15) is 5.56 Å². The molecule has 1 atom stereocenters. The van der Waals surface area contributed by atoms with Crippen molar-refractivity contribution >= 4 is 13.9 Å². The van der Waals surface area contributed by atoms with Crippen LogP contribution in [0.25, 0.3) is 0 Å². The molecule has 2 aromatic carbocycles. The quantitative estimate of drug-likeness (QED) is 0.655. The lowest BCUT2D eigenvalue weighted by atomic mass is 10.2. The Morgan fingerprint density at radius 2 is 1.27 bits per heavy atom. The number of hydrogen-bond acceptors (Lipinski definition) is 0. The summed E-state index contributed by atoms with van der Waals surface area (Å²) >= 11 is 0. The lowest BCUT2D eigenvalue weighted by Gasteiger charge is -1.95. The van der Waals surface area contributed by atoms with E-state index in [0.29, 0.717) is 8.58 Å². The minimum absolute atomic E-state index is 0. The molecule has 1 unspecified atom stereocenters. The monoisotopic (exact) mass is 236 g/mol. The molecule has 78 valence electrons. The molecule has 0 radical (unpaired) electrons. The second-order valence-electron chi connectivity index (χ2n) is 3.30. The van der Waals surface area contributed by atoms with Crippen molar-refractivity contribution in [1.29, 1.82) is 0 Å². The van der Waals surface area contributed by atoms with Crippen molar-refractivity contribution in [3.05, 3.63) is 66.2 Å². The highest BCUT2D eigenvalue weighted by Crippen LogP contribution is 2.17.